The van der Waals surface area contributed by atoms with E-state index in [9.17, 15) is 14.9 Å². The van der Waals surface area contributed by atoms with Crippen LogP contribution in [-0.2, 0) is 11.3 Å². The maximum atomic E-state index is 11.2. The summed E-state index contributed by atoms with van der Waals surface area (Å²) in [5, 5.41) is 14.0. The van der Waals surface area contributed by atoms with Crippen LogP contribution >= 0.6 is 0 Å². The molecule has 6 nitrogen and oxygen atoms in total. The summed E-state index contributed by atoms with van der Waals surface area (Å²) >= 11 is 0. The van der Waals surface area contributed by atoms with E-state index in [4.69, 9.17) is 0 Å². The minimum absolute atomic E-state index is 0.0534. The normalized spacial score (nSPS) is 10.5. The van der Waals surface area contributed by atoms with Crippen LogP contribution in [0.2, 0.25) is 0 Å². The predicted molar refractivity (Wildman–Crippen MR) is 67.3 cm³/mol. The molecule has 0 aliphatic heterocycles. The number of hydrogen-bond donors (Lipinski definition) is 1. The molecule has 0 saturated carbocycles. The van der Waals surface area contributed by atoms with Gasteiger partial charge in [0.15, 0.2) is 0 Å². The summed E-state index contributed by atoms with van der Waals surface area (Å²) in [5.41, 5.74) is 0.860. The molecule has 0 spiro atoms. The standard InChI is InChI=1S/C12H13N3O3/c1-13-12(16)6-8-14-7-5-9-10(14)3-2-4-11(9)15(17)18/h2-5,7H,6,8H2,1H3,(H,13,16). The van der Waals surface area contributed by atoms with Gasteiger partial charge in [-0.15, -0.1) is 0 Å². The summed E-state index contributed by atoms with van der Waals surface area (Å²) in [6.07, 6.45) is 2.11. The number of amides is 1. The lowest BCUT2D eigenvalue weighted by Gasteiger charge is -2.04. The number of benzene rings is 1. The Bertz CT molecular complexity index is 604. The van der Waals surface area contributed by atoms with E-state index in [0.29, 0.717) is 18.4 Å². The highest BCUT2D eigenvalue weighted by atomic mass is 16.6. The number of nitro benzene ring substituents is 1. The Morgan fingerprint density at radius 2 is 2.22 bits per heavy atom. The van der Waals surface area contributed by atoms with Crippen molar-refractivity contribution < 1.29 is 9.72 Å². The predicted octanol–water partition coefficient (Wildman–Crippen LogP) is 1.69. The van der Waals surface area contributed by atoms with Crippen LogP contribution in [0.15, 0.2) is 30.5 Å². The molecule has 1 amide bonds. The fourth-order valence-corrected chi connectivity index (χ4v) is 1.91. The van der Waals surface area contributed by atoms with Gasteiger partial charge < -0.3 is 9.88 Å². The topological polar surface area (TPSA) is 77.2 Å². The molecule has 0 aliphatic carbocycles. The maximum Gasteiger partial charge on any atom is 0.278 e. The second-order valence-corrected chi connectivity index (χ2v) is 3.90. The molecule has 2 aromatic rings. The molecule has 6 heteroatoms. The molecule has 1 aromatic carbocycles. The van der Waals surface area contributed by atoms with Gasteiger partial charge in [-0.05, 0) is 12.1 Å². The molecule has 1 N–H and O–H groups in total. The Balaban J connectivity index is 2.34. The number of carbonyl (C=O) groups is 1. The van der Waals surface area contributed by atoms with Gasteiger partial charge in [-0.2, -0.15) is 0 Å². The molecule has 0 unspecified atom stereocenters. The molecule has 1 heterocycles. The number of nitrogens with zero attached hydrogens (tertiary/aromatic N) is 2. The first-order valence-corrected chi connectivity index (χ1v) is 5.56. The minimum Gasteiger partial charge on any atom is -0.359 e. The summed E-state index contributed by atoms with van der Waals surface area (Å²) in [4.78, 5) is 21.7. The highest BCUT2D eigenvalue weighted by molar-refractivity contribution is 5.89. The van der Waals surface area contributed by atoms with Crippen LogP contribution in [0.1, 0.15) is 6.42 Å². The maximum absolute atomic E-state index is 11.2. The van der Waals surface area contributed by atoms with Crippen molar-refractivity contribution in [3.05, 3.63) is 40.6 Å². The minimum atomic E-state index is -0.397. The summed E-state index contributed by atoms with van der Waals surface area (Å²) in [6.45, 7) is 0.504. The van der Waals surface area contributed by atoms with Gasteiger partial charge in [0.2, 0.25) is 5.91 Å². The van der Waals surface area contributed by atoms with E-state index < -0.39 is 4.92 Å². The fourth-order valence-electron chi connectivity index (χ4n) is 1.91. The van der Waals surface area contributed by atoms with Gasteiger partial charge in [0, 0.05) is 32.3 Å². The molecule has 0 atom stereocenters. The lowest BCUT2D eigenvalue weighted by molar-refractivity contribution is -0.383. The average Bonchev–Trinajstić information content (AvgIpc) is 2.78. The summed E-state index contributed by atoms with van der Waals surface area (Å²) in [7, 11) is 1.58. The highest BCUT2D eigenvalue weighted by Gasteiger charge is 2.13. The number of nitrogens with one attached hydrogen (secondary N) is 1. The molecule has 0 radical (unpaired) electrons. The van der Waals surface area contributed by atoms with Crippen LogP contribution in [0.4, 0.5) is 5.69 Å². The zero-order valence-electron chi connectivity index (χ0n) is 9.92. The number of carbonyl (C=O) groups excluding carboxylic acids is 1. The van der Waals surface area contributed by atoms with Crippen LogP contribution in [0, 0.1) is 10.1 Å². The molecular formula is C12H13N3O3. The van der Waals surface area contributed by atoms with Crippen LogP contribution < -0.4 is 5.32 Å². The number of fused-ring (bicyclic) bond motifs is 1. The third kappa shape index (κ3) is 2.17. The molecular weight excluding hydrogens is 234 g/mol. The molecule has 0 fully saturated rings. The molecule has 0 saturated heterocycles. The van der Waals surface area contributed by atoms with Gasteiger partial charge in [-0.1, -0.05) is 6.07 Å². The van der Waals surface area contributed by atoms with Gasteiger partial charge in [-0.3, -0.25) is 14.9 Å². The van der Waals surface area contributed by atoms with Crippen LogP contribution in [-0.4, -0.2) is 22.4 Å². The number of aromatic nitrogens is 1. The highest BCUT2D eigenvalue weighted by Crippen LogP contribution is 2.26. The number of rotatable bonds is 4. The third-order valence-electron chi connectivity index (χ3n) is 2.85. The smallest absolute Gasteiger partial charge is 0.278 e. The summed E-state index contributed by atoms with van der Waals surface area (Å²) < 4.78 is 1.84. The molecule has 94 valence electrons. The van der Waals surface area contributed by atoms with Crippen LogP contribution in [0.5, 0.6) is 0 Å². The van der Waals surface area contributed by atoms with Gasteiger partial charge in [0.25, 0.3) is 5.69 Å². The summed E-state index contributed by atoms with van der Waals surface area (Å²) in [5.74, 6) is -0.0534. The average molecular weight is 247 g/mol. The van der Waals surface area contributed by atoms with Crippen molar-refractivity contribution in [2.45, 2.75) is 13.0 Å². The SMILES string of the molecule is CNC(=O)CCn1ccc2c([N+](=O)[O-])cccc21. The quantitative estimate of drug-likeness (QED) is 0.659. The largest absolute Gasteiger partial charge is 0.359 e. The van der Waals surface area contributed by atoms with Crippen LogP contribution in [0.25, 0.3) is 10.9 Å². The van der Waals surface area contributed by atoms with E-state index in [-0.39, 0.29) is 11.6 Å². The van der Waals surface area contributed by atoms with Crippen molar-refractivity contribution in [3.63, 3.8) is 0 Å². The molecule has 1 aromatic heterocycles. The van der Waals surface area contributed by atoms with Gasteiger partial charge >= 0.3 is 0 Å². The van der Waals surface area contributed by atoms with Crippen molar-refractivity contribution in [1.29, 1.82) is 0 Å². The fraction of sp³-hybridized carbons (Fsp3) is 0.250. The van der Waals surface area contributed by atoms with Crippen molar-refractivity contribution in [2.24, 2.45) is 0 Å². The first-order valence-electron chi connectivity index (χ1n) is 5.56. The van der Waals surface area contributed by atoms with Crippen molar-refractivity contribution in [1.82, 2.24) is 9.88 Å². The Hall–Kier alpha value is -2.37. The van der Waals surface area contributed by atoms with E-state index in [1.165, 1.54) is 6.07 Å². The Labute approximate surface area is 103 Å². The van der Waals surface area contributed by atoms with E-state index in [0.717, 1.165) is 5.52 Å². The monoisotopic (exact) mass is 247 g/mol. The third-order valence-corrected chi connectivity index (χ3v) is 2.85. The molecule has 18 heavy (non-hydrogen) atoms. The lowest BCUT2D eigenvalue weighted by atomic mass is 10.2. The second kappa shape index (κ2) is 4.87. The number of hydrogen-bond acceptors (Lipinski definition) is 3. The molecule has 2 rings (SSSR count). The van der Waals surface area contributed by atoms with Gasteiger partial charge in [0.05, 0.1) is 15.8 Å². The molecule has 0 bridgehead atoms. The Kier molecular flexibility index (Phi) is 3.27. The van der Waals surface area contributed by atoms with Crippen LogP contribution in [0.3, 0.4) is 0 Å². The first kappa shape index (κ1) is 12.1. The zero-order chi connectivity index (χ0) is 13.1. The van der Waals surface area contributed by atoms with Crippen molar-refractivity contribution >= 4 is 22.5 Å². The summed E-state index contributed by atoms with van der Waals surface area (Å²) in [6, 6.07) is 6.64. The first-order chi connectivity index (χ1) is 8.63. The van der Waals surface area contributed by atoms with Gasteiger partial charge in [-0.25, -0.2) is 0 Å². The van der Waals surface area contributed by atoms with E-state index in [1.54, 1.807) is 25.4 Å². The Morgan fingerprint density at radius 1 is 1.44 bits per heavy atom. The number of nitro groups is 1. The van der Waals surface area contributed by atoms with Crippen molar-refractivity contribution in [3.8, 4) is 0 Å². The number of non-ortho nitro benzene ring substituents is 1. The number of aryl methyl sites for hydroxylation is 1. The Morgan fingerprint density at radius 3 is 2.89 bits per heavy atom. The second-order valence-electron chi connectivity index (χ2n) is 3.90. The zero-order valence-corrected chi connectivity index (χ0v) is 9.92. The lowest BCUT2D eigenvalue weighted by Crippen LogP contribution is -2.19. The van der Waals surface area contributed by atoms with E-state index >= 15 is 0 Å². The van der Waals surface area contributed by atoms with Crippen molar-refractivity contribution in [2.75, 3.05) is 7.05 Å². The van der Waals surface area contributed by atoms with E-state index in [2.05, 4.69) is 5.32 Å². The van der Waals surface area contributed by atoms with Gasteiger partial charge in [0.1, 0.15) is 0 Å². The molecule has 0 aliphatic rings. The van der Waals surface area contributed by atoms with E-state index in [1.807, 2.05) is 10.6 Å².